The van der Waals surface area contributed by atoms with Crippen LogP contribution in [-0.2, 0) is 9.53 Å². The van der Waals surface area contributed by atoms with Crippen LogP contribution < -0.4 is 10.6 Å². The number of carbonyl (C=O) groups is 1. The molecule has 1 fully saturated rings. The van der Waals surface area contributed by atoms with E-state index < -0.39 is 0 Å². The molecule has 4 nitrogen and oxygen atoms in total. The SMILES string of the molecule is CC1CC(NC(=O)CCOC(C)C)CCN1. The molecule has 1 aliphatic heterocycles. The largest absolute Gasteiger partial charge is 0.378 e. The molecule has 0 saturated carbocycles. The molecule has 0 spiro atoms. The molecule has 1 aliphatic rings. The highest BCUT2D eigenvalue weighted by Crippen LogP contribution is 2.08. The maximum absolute atomic E-state index is 11.6. The Balaban J connectivity index is 2.13. The maximum Gasteiger partial charge on any atom is 0.222 e. The van der Waals surface area contributed by atoms with Crippen LogP contribution in [0.1, 0.15) is 40.0 Å². The summed E-state index contributed by atoms with van der Waals surface area (Å²) in [5.41, 5.74) is 0. The Morgan fingerprint density at radius 2 is 2.31 bits per heavy atom. The molecular weight excluding hydrogens is 204 g/mol. The number of nitrogens with one attached hydrogen (secondary N) is 2. The van der Waals surface area contributed by atoms with Crippen molar-refractivity contribution in [2.75, 3.05) is 13.2 Å². The number of rotatable bonds is 5. The standard InChI is InChI=1S/C12H24N2O2/c1-9(2)16-7-5-12(15)14-11-4-6-13-10(3)8-11/h9-11,13H,4-8H2,1-3H3,(H,14,15). The highest BCUT2D eigenvalue weighted by atomic mass is 16.5. The number of piperidine rings is 1. The predicted octanol–water partition coefficient (Wildman–Crippen LogP) is 1.06. The molecule has 0 aromatic rings. The van der Waals surface area contributed by atoms with E-state index in [-0.39, 0.29) is 12.0 Å². The summed E-state index contributed by atoms with van der Waals surface area (Å²) in [5.74, 6) is 0.111. The predicted molar refractivity (Wildman–Crippen MR) is 64.3 cm³/mol. The van der Waals surface area contributed by atoms with Crippen LogP contribution in [0.15, 0.2) is 0 Å². The molecule has 16 heavy (non-hydrogen) atoms. The monoisotopic (exact) mass is 228 g/mol. The van der Waals surface area contributed by atoms with Crippen LogP contribution in [-0.4, -0.2) is 37.2 Å². The second-order valence-electron chi connectivity index (χ2n) is 4.81. The van der Waals surface area contributed by atoms with Gasteiger partial charge in [0.25, 0.3) is 0 Å². The van der Waals surface area contributed by atoms with E-state index >= 15 is 0 Å². The van der Waals surface area contributed by atoms with Crippen LogP contribution in [0.5, 0.6) is 0 Å². The van der Waals surface area contributed by atoms with Crippen molar-refractivity contribution in [3.05, 3.63) is 0 Å². The van der Waals surface area contributed by atoms with Gasteiger partial charge in [0, 0.05) is 18.5 Å². The minimum absolute atomic E-state index is 0.111. The summed E-state index contributed by atoms with van der Waals surface area (Å²) in [4.78, 5) is 11.6. The van der Waals surface area contributed by atoms with Crippen molar-refractivity contribution in [3.8, 4) is 0 Å². The molecule has 2 atom stereocenters. The van der Waals surface area contributed by atoms with Crippen LogP contribution in [0.3, 0.4) is 0 Å². The van der Waals surface area contributed by atoms with Gasteiger partial charge in [0.15, 0.2) is 0 Å². The van der Waals surface area contributed by atoms with E-state index in [9.17, 15) is 4.79 Å². The van der Waals surface area contributed by atoms with Crippen molar-refractivity contribution in [1.82, 2.24) is 10.6 Å². The average molecular weight is 228 g/mol. The first-order valence-electron chi connectivity index (χ1n) is 6.22. The fraction of sp³-hybridized carbons (Fsp3) is 0.917. The highest BCUT2D eigenvalue weighted by Gasteiger charge is 2.19. The van der Waals surface area contributed by atoms with Crippen LogP contribution in [0.25, 0.3) is 0 Å². The zero-order valence-electron chi connectivity index (χ0n) is 10.6. The van der Waals surface area contributed by atoms with E-state index in [0.717, 1.165) is 19.4 Å². The molecule has 94 valence electrons. The van der Waals surface area contributed by atoms with Gasteiger partial charge in [-0.2, -0.15) is 0 Å². The molecule has 2 N–H and O–H groups in total. The minimum atomic E-state index is 0.111. The summed E-state index contributed by atoms with van der Waals surface area (Å²) in [6, 6.07) is 0.841. The molecule has 0 aromatic heterocycles. The van der Waals surface area contributed by atoms with Crippen molar-refractivity contribution in [3.63, 3.8) is 0 Å². The third-order valence-electron chi connectivity index (χ3n) is 2.77. The lowest BCUT2D eigenvalue weighted by atomic mass is 10.0. The van der Waals surface area contributed by atoms with E-state index in [4.69, 9.17) is 4.74 Å². The lowest BCUT2D eigenvalue weighted by molar-refractivity contribution is -0.123. The summed E-state index contributed by atoms with van der Waals surface area (Å²) in [6.07, 6.45) is 2.72. The first-order chi connectivity index (χ1) is 7.58. The Labute approximate surface area is 98.1 Å². The normalized spacial score (nSPS) is 25.8. The maximum atomic E-state index is 11.6. The topological polar surface area (TPSA) is 50.4 Å². The second-order valence-corrected chi connectivity index (χ2v) is 4.81. The summed E-state index contributed by atoms with van der Waals surface area (Å²) < 4.78 is 5.35. The minimum Gasteiger partial charge on any atom is -0.378 e. The number of amides is 1. The van der Waals surface area contributed by atoms with Crippen LogP contribution in [0, 0.1) is 0 Å². The summed E-state index contributed by atoms with van der Waals surface area (Å²) in [7, 11) is 0. The van der Waals surface area contributed by atoms with Crippen LogP contribution >= 0.6 is 0 Å². The van der Waals surface area contributed by atoms with Crippen molar-refractivity contribution < 1.29 is 9.53 Å². The summed E-state index contributed by atoms with van der Waals surface area (Å²) in [5, 5.41) is 6.43. The quantitative estimate of drug-likeness (QED) is 0.739. The highest BCUT2D eigenvalue weighted by molar-refractivity contribution is 5.76. The van der Waals surface area contributed by atoms with Gasteiger partial charge in [0.2, 0.25) is 5.91 Å². The van der Waals surface area contributed by atoms with E-state index in [1.54, 1.807) is 0 Å². The third-order valence-corrected chi connectivity index (χ3v) is 2.77. The first kappa shape index (κ1) is 13.5. The fourth-order valence-corrected chi connectivity index (χ4v) is 1.95. The summed E-state index contributed by atoms with van der Waals surface area (Å²) >= 11 is 0. The van der Waals surface area contributed by atoms with Gasteiger partial charge in [-0.25, -0.2) is 0 Å². The van der Waals surface area contributed by atoms with Crippen LogP contribution in [0.2, 0.25) is 0 Å². The molecule has 4 heteroatoms. The molecule has 0 aliphatic carbocycles. The number of carbonyl (C=O) groups excluding carboxylic acids is 1. The third kappa shape index (κ3) is 5.47. The Kier molecular flexibility index (Phi) is 5.77. The molecule has 0 aromatic carbocycles. The summed E-state index contributed by atoms with van der Waals surface area (Å²) in [6.45, 7) is 7.62. The van der Waals surface area contributed by atoms with Crippen molar-refractivity contribution in [2.45, 2.75) is 58.2 Å². The second kappa shape index (κ2) is 6.86. The van der Waals surface area contributed by atoms with Gasteiger partial charge in [-0.1, -0.05) is 0 Å². The molecule has 1 saturated heterocycles. The number of hydrogen-bond donors (Lipinski definition) is 2. The molecule has 2 unspecified atom stereocenters. The first-order valence-corrected chi connectivity index (χ1v) is 6.22. The fourth-order valence-electron chi connectivity index (χ4n) is 1.95. The van der Waals surface area contributed by atoms with E-state index in [1.165, 1.54) is 0 Å². The molecule has 0 radical (unpaired) electrons. The average Bonchev–Trinajstić information content (AvgIpc) is 2.16. The lowest BCUT2D eigenvalue weighted by Gasteiger charge is -2.28. The van der Waals surface area contributed by atoms with Crippen molar-refractivity contribution >= 4 is 5.91 Å². The van der Waals surface area contributed by atoms with Crippen molar-refractivity contribution in [1.29, 1.82) is 0 Å². The van der Waals surface area contributed by atoms with Crippen LogP contribution in [0.4, 0.5) is 0 Å². The zero-order valence-corrected chi connectivity index (χ0v) is 10.6. The molecule has 1 heterocycles. The van der Waals surface area contributed by atoms with Gasteiger partial charge in [-0.15, -0.1) is 0 Å². The van der Waals surface area contributed by atoms with E-state index in [0.29, 0.717) is 25.1 Å². The Bertz CT molecular complexity index is 219. The smallest absolute Gasteiger partial charge is 0.222 e. The van der Waals surface area contributed by atoms with Gasteiger partial charge < -0.3 is 15.4 Å². The number of hydrogen-bond acceptors (Lipinski definition) is 3. The van der Waals surface area contributed by atoms with E-state index in [1.807, 2.05) is 13.8 Å². The van der Waals surface area contributed by atoms with Gasteiger partial charge in [0.1, 0.15) is 0 Å². The molecule has 1 amide bonds. The van der Waals surface area contributed by atoms with Gasteiger partial charge >= 0.3 is 0 Å². The lowest BCUT2D eigenvalue weighted by Crippen LogP contribution is -2.46. The van der Waals surface area contributed by atoms with Gasteiger partial charge in [0.05, 0.1) is 12.7 Å². The van der Waals surface area contributed by atoms with Crippen molar-refractivity contribution in [2.24, 2.45) is 0 Å². The Morgan fingerprint density at radius 3 is 2.94 bits per heavy atom. The molecule has 0 bridgehead atoms. The zero-order chi connectivity index (χ0) is 12.0. The Morgan fingerprint density at radius 1 is 1.56 bits per heavy atom. The van der Waals surface area contributed by atoms with E-state index in [2.05, 4.69) is 17.6 Å². The number of ether oxygens (including phenoxy) is 1. The van der Waals surface area contributed by atoms with Gasteiger partial charge in [-0.05, 0) is 40.2 Å². The Hall–Kier alpha value is -0.610. The molecule has 1 rings (SSSR count). The molecular formula is C12H24N2O2. The van der Waals surface area contributed by atoms with Gasteiger partial charge in [-0.3, -0.25) is 4.79 Å².